The van der Waals surface area contributed by atoms with Gasteiger partial charge in [-0.2, -0.15) is 5.10 Å². The monoisotopic (exact) mass is 385 g/mol. The fourth-order valence-electron chi connectivity index (χ4n) is 2.68. The Morgan fingerprint density at radius 3 is 2.67 bits per heavy atom. The summed E-state index contributed by atoms with van der Waals surface area (Å²) in [5, 5.41) is 7.56. The number of hydrogen-bond acceptors (Lipinski definition) is 4. The average Bonchev–Trinajstić information content (AvgIpc) is 3.16. The maximum absolute atomic E-state index is 12.4. The summed E-state index contributed by atoms with van der Waals surface area (Å²) in [6.45, 7) is 0.477. The molecule has 0 radical (unpaired) electrons. The lowest BCUT2D eigenvalue weighted by Gasteiger charge is -2.11. The van der Waals surface area contributed by atoms with Gasteiger partial charge in [-0.15, -0.1) is 0 Å². The smallest absolute Gasteiger partial charge is 0.251 e. The Kier molecular flexibility index (Phi) is 5.98. The fourth-order valence-corrected chi connectivity index (χ4v) is 2.97. The zero-order valence-corrected chi connectivity index (χ0v) is 15.9. The molecule has 6 nitrogen and oxygen atoms in total. The highest BCUT2D eigenvalue weighted by Crippen LogP contribution is 2.35. The average molecular weight is 386 g/mol. The van der Waals surface area contributed by atoms with Gasteiger partial charge in [-0.3, -0.25) is 4.79 Å². The standard InChI is InChI=1S/C20H20ClN3O3/c1-26-18-11-15(10-17(21)19(18)27-2)20(25)22-9-8-14-12-23-24(13-14)16-6-4-3-5-7-16/h3-7,10-13H,8-9H2,1-2H3,(H,22,25). The summed E-state index contributed by atoms with van der Waals surface area (Å²) in [5.41, 5.74) is 2.44. The van der Waals surface area contributed by atoms with Gasteiger partial charge in [0.05, 0.1) is 31.1 Å². The number of nitrogens with one attached hydrogen (secondary N) is 1. The van der Waals surface area contributed by atoms with E-state index >= 15 is 0 Å². The second-order valence-corrected chi connectivity index (χ2v) is 6.24. The summed E-state index contributed by atoms with van der Waals surface area (Å²) < 4.78 is 12.2. The molecule has 0 bridgehead atoms. The Morgan fingerprint density at radius 2 is 1.96 bits per heavy atom. The zero-order valence-electron chi connectivity index (χ0n) is 15.1. The zero-order chi connectivity index (χ0) is 19.2. The first-order valence-electron chi connectivity index (χ1n) is 8.41. The number of methoxy groups -OCH3 is 2. The number of ether oxygens (including phenoxy) is 2. The van der Waals surface area contributed by atoms with Crippen molar-refractivity contribution < 1.29 is 14.3 Å². The number of aromatic nitrogens is 2. The van der Waals surface area contributed by atoms with Crippen molar-refractivity contribution in [3.8, 4) is 17.2 Å². The highest BCUT2D eigenvalue weighted by atomic mass is 35.5. The summed E-state index contributed by atoms with van der Waals surface area (Å²) in [6, 6.07) is 13.0. The van der Waals surface area contributed by atoms with Crippen molar-refractivity contribution in [3.05, 3.63) is 71.0 Å². The minimum absolute atomic E-state index is 0.228. The Morgan fingerprint density at radius 1 is 1.19 bits per heavy atom. The van der Waals surface area contributed by atoms with Crippen LogP contribution in [-0.2, 0) is 6.42 Å². The highest BCUT2D eigenvalue weighted by molar-refractivity contribution is 6.32. The Labute approximate surface area is 162 Å². The Bertz CT molecular complexity index is 925. The van der Waals surface area contributed by atoms with Crippen molar-refractivity contribution in [2.24, 2.45) is 0 Å². The van der Waals surface area contributed by atoms with Gasteiger partial charge in [-0.05, 0) is 36.2 Å². The molecule has 1 amide bonds. The van der Waals surface area contributed by atoms with Crippen molar-refractivity contribution in [2.75, 3.05) is 20.8 Å². The van der Waals surface area contributed by atoms with Crippen molar-refractivity contribution in [2.45, 2.75) is 6.42 Å². The maximum Gasteiger partial charge on any atom is 0.251 e. The molecule has 0 atom stereocenters. The van der Waals surface area contributed by atoms with Gasteiger partial charge in [0.25, 0.3) is 5.91 Å². The molecule has 27 heavy (non-hydrogen) atoms. The van der Waals surface area contributed by atoms with E-state index in [0.29, 0.717) is 35.1 Å². The lowest BCUT2D eigenvalue weighted by molar-refractivity contribution is 0.0953. The van der Waals surface area contributed by atoms with Gasteiger partial charge in [0.15, 0.2) is 11.5 Å². The van der Waals surface area contributed by atoms with Gasteiger partial charge in [-0.1, -0.05) is 29.8 Å². The molecule has 0 unspecified atom stereocenters. The topological polar surface area (TPSA) is 65.4 Å². The van der Waals surface area contributed by atoms with Crippen LogP contribution in [0, 0.1) is 0 Å². The van der Waals surface area contributed by atoms with Crippen molar-refractivity contribution in [1.82, 2.24) is 15.1 Å². The predicted octanol–water partition coefficient (Wildman–Crippen LogP) is 3.52. The van der Waals surface area contributed by atoms with Crippen molar-refractivity contribution in [3.63, 3.8) is 0 Å². The van der Waals surface area contributed by atoms with E-state index in [-0.39, 0.29) is 5.91 Å². The number of rotatable bonds is 7. The van der Waals surface area contributed by atoms with E-state index in [1.165, 1.54) is 14.2 Å². The van der Waals surface area contributed by atoms with Crippen LogP contribution in [-0.4, -0.2) is 36.5 Å². The van der Waals surface area contributed by atoms with Crippen LogP contribution in [0.2, 0.25) is 5.02 Å². The molecule has 140 valence electrons. The number of benzene rings is 2. The predicted molar refractivity (Wildman–Crippen MR) is 104 cm³/mol. The van der Waals surface area contributed by atoms with E-state index in [9.17, 15) is 4.79 Å². The van der Waals surface area contributed by atoms with Crippen LogP contribution in [0.25, 0.3) is 5.69 Å². The van der Waals surface area contributed by atoms with Crippen molar-refractivity contribution in [1.29, 1.82) is 0 Å². The normalized spacial score (nSPS) is 10.5. The van der Waals surface area contributed by atoms with E-state index in [1.807, 2.05) is 41.2 Å². The number of amides is 1. The molecule has 1 heterocycles. The van der Waals surface area contributed by atoms with E-state index in [1.54, 1.807) is 18.3 Å². The second kappa shape index (κ2) is 8.60. The first-order valence-corrected chi connectivity index (χ1v) is 8.79. The SMILES string of the molecule is COc1cc(C(=O)NCCc2cnn(-c3ccccc3)c2)cc(Cl)c1OC. The van der Waals surface area contributed by atoms with Crippen LogP contribution < -0.4 is 14.8 Å². The second-order valence-electron chi connectivity index (χ2n) is 5.83. The van der Waals surface area contributed by atoms with Crippen LogP contribution in [0.4, 0.5) is 0 Å². The first-order chi connectivity index (χ1) is 13.1. The molecule has 0 saturated heterocycles. The van der Waals surface area contributed by atoms with Gasteiger partial charge in [-0.25, -0.2) is 4.68 Å². The third kappa shape index (κ3) is 4.41. The molecular weight excluding hydrogens is 366 g/mol. The van der Waals surface area contributed by atoms with Gasteiger partial charge in [0.2, 0.25) is 0 Å². The number of nitrogens with zero attached hydrogens (tertiary/aromatic N) is 2. The third-order valence-corrected chi connectivity index (χ3v) is 4.33. The third-order valence-electron chi connectivity index (χ3n) is 4.05. The van der Waals surface area contributed by atoms with Gasteiger partial charge >= 0.3 is 0 Å². The molecule has 0 fully saturated rings. The molecule has 7 heteroatoms. The van der Waals surface area contributed by atoms with E-state index in [0.717, 1.165) is 11.3 Å². The maximum atomic E-state index is 12.4. The van der Waals surface area contributed by atoms with Crippen LogP contribution >= 0.6 is 11.6 Å². The number of halogens is 1. The molecule has 2 aromatic carbocycles. The Balaban J connectivity index is 1.60. The largest absolute Gasteiger partial charge is 0.493 e. The molecule has 1 N–H and O–H groups in total. The minimum atomic E-state index is -0.228. The van der Waals surface area contributed by atoms with Crippen molar-refractivity contribution >= 4 is 17.5 Å². The molecule has 3 rings (SSSR count). The summed E-state index contributed by atoms with van der Waals surface area (Å²) in [7, 11) is 3.00. The molecule has 0 saturated carbocycles. The number of hydrogen-bond donors (Lipinski definition) is 1. The summed E-state index contributed by atoms with van der Waals surface area (Å²) >= 11 is 6.15. The summed E-state index contributed by atoms with van der Waals surface area (Å²) in [4.78, 5) is 12.4. The lowest BCUT2D eigenvalue weighted by Crippen LogP contribution is -2.25. The molecule has 0 aliphatic carbocycles. The van der Waals surface area contributed by atoms with Crippen LogP contribution in [0.5, 0.6) is 11.5 Å². The van der Waals surface area contributed by atoms with Crippen LogP contribution in [0.1, 0.15) is 15.9 Å². The number of carbonyl (C=O) groups excluding carboxylic acids is 1. The van der Waals surface area contributed by atoms with E-state index in [4.69, 9.17) is 21.1 Å². The summed E-state index contributed by atoms with van der Waals surface area (Å²) in [5.74, 6) is 0.594. The van der Waals surface area contributed by atoms with Crippen LogP contribution in [0.15, 0.2) is 54.9 Å². The molecule has 3 aromatic rings. The van der Waals surface area contributed by atoms with Gasteiger partial charge < -0.3 is 14.8 Å². The highest BCUT2D eigenvalue weighted by Gasteiger charge is 2.15. The molecule has 1 aromatic heterocycles. The molecular formula is C20H20ClN3O3. The van der Waals surface area contributed by atoms with Crippen LogP contribution in [0.3, 0.4) is 0 Å². The number of carbonyl (C=O) groups is 1. The van der Waals surface area contributed by atoms with Gasteiger partial charge in [0, 0.05) is 18.3 Å². The molecule has 0 spiro atoms. The summed E-state index contributed by atoms with van der Waals surface area (Å²) in [6.07, 6.45) is 4.42. The Hall–Kier alpha value is -2.99. The fraction of sp³-hybridized carbons (Fsp3) is 0.200. The minimum Gasteiger partial charge on any atom is -0.493 e. The molecule has 0 aliphatic heterocycles. The van der Waals surface area contributed by atoms with E-state index in [2.05, 4.69) is 10.4 Å². The quantitative estimate of drug-likeness (QED) is 0.675. The van der Waals surface area contributed by atoms with Gasteiger partial charge in [0.1, 0.15) is 0 Å². The molecule has 0 aliphatic rings. The first kappa shape index (κ1) is 18.8. The van der Waals surface area contributed by atoms with E-state index < -0.39 is 0 Å². The lowest BCUT2D eigenvalue weighted by atomic mass is 10.1. The number of para-hydroxylation sites is 1.